The number of aryl methyl sites for hydroxylation is 1. The van der Waals surface area contributed by atoms with Gasteiger partial charge in [-0.2, -0.15) is 4.31 Å². The normalized spacial score (nSPS) is 21.7. The summed E-state index contributed by atoms with van der Waals surface area (Å²) in [4.78, 5) is 26.9. The summed E-state index contributed by atoms with van der Waals surface area (Å²) < 4.78 is 32.5. The van der Waals surface area contributed by atoms with Crippen molar-refractivity contribution in [3.63, 3.8) is 0 Å². The summed E-state index contributed by atoms with van der Waals surface area (Å²) in [6.45, 7) is 5.75. The Balaban J connectivity index is 1.61. The second kappa shape index (κ2) is 9.26. The summed E-state index contributed by atoms with van der Waals surface area (Å²) in [5.74, 6) is -0.671. The van der Waals surface area contributed by atoms with Gasteiger partial charge in [0.15, 0.2) is 0 Å². The molecule has 0 radical (unpaired) electrons. The van der Waals surface area contributed by atoms with Crippen molar-refractivity contribution in [2.75, 3.05) is 32.8 Å². The van der Waals surface area contributed by atoms with Crippen molar-refractivity contribution in [3.05, 3.63) is 29.8 Å². The molecule has 3 rings (SSSR count). The number of nitrogens with zero attached hydrogens (tertiary/aromatic N) is 2. The average Bonchev–Trinajstić information content (AvgIpc) is 2.74. The maximum absolute atomic E-state index is 13.0. The van der Waals surface area contributed by atoms with E-state index < -0.39 is 10.0 Å². The van der Waals surface area contributed by atoms with Gasteiger partial charge >= 0.3 is 5.97 Å². The van der Waals surface area contributed by atoms with Crippen molar-refractivity contribution in [2.24, 2.45) is 11.8 Å². The highest BCUT2D eigenvalue weighted by Crippen LogP contribution is 2.27. The standard InChI is InChI=1S/C21H30N2O5S/c1-3-28-21(25)17-10-13-22(14-11-17)20(24)18-5-4-12-23(15-18)29(26,27)19-8-6-16(2)7-9-19/h6-9,17-18H,3-5,10-15H2,1-2H3/t18-/m0/s1. The van der Waals surface area contributed by atoms with Gasteiger partial charge in [-0.1, -0.05) is 17.7 Å². The van der Waals surface area contributed by atoms with Crippen molar-refractivity contribution in [2.45, 2.75) is 44.4 Å². The van der Waals surface area contributed by atoms with Crippen molar-refractivity contribution < 1.29 is 22.7 Å². The number of rotatable bonds is 5. The Morgan fingerprint density at radius 1 is 1.03 bits per heavy atom. The van der Waals surface area contributed by atoms with Crippen LogP contribution in [-0.4, -0.2) is 62.3 Å². The fourth-order valence-corrected chi connectivity index (χ4v) is 5.60. The van der Waals surface area contributed by atoms with Crippen LogP contribution in [0.15, 0.2) is 29.2 Å². The maximum atomic E-state index is 13.0. The molecule has 0 bridgehead atoms. The molecule has 160 valence electrons. The van der Waals surface area contributed by atoms with Crippen molar-refractivity contribution in [1.82, 2.24) is 9.21 Å². The van der Waals surface area contributed by atoms with Crippen molar-refractivity contribution in [3.8, 4) is 0 Å². The first kappa shape index (κ1) is 21.8. The number of ether oxygens (including phenoxy) is 1. The van der Waals surface area contributed by atoms with Crippen LogP contribution in [0.5, 0.6) is 0 Å². The summed E-state index contributed by atoms with van der Waals surface area (Å²) in [5.41, 5.74) is 1.00. The summed E-state index contributed by atoms with van der Waals surface area (Å²) in [7, 11) is -3.60. The predicted octanol–water partition coefficient (Wildman–Crippen LogP) is 2.20. The highest BCUT2D eigenvalue weighted by molar-refractivity contribution is 7.89. The highest BCUT2D eigenvalue weighted by Gasteiger charge is 2.36. The largest absolute Gasteiger partial charge is 0.466 e. The van der Waals surface area contributed by atoms with E-state index in [1.54, 1.807) is 36.1 Å². The molecule has 0 aromatic heterocycles. The molecule has 0 saturated carbocycles. The molecule has 2 fully saturated rings. The fourth-order valence-electron chi connectivity index (χ4n) is 4.08. The molecular formula is C21H30N2O5S. The van der Waals surface area contributed by atoms with Gasteiger partial charge in [-0.15, -0.1) is 0 Å². The number of carbonyl (C=O) groups is 2. The summed E-state index contributed by atoms with van der Waals surface area (Å²) >= 11 is 0. The Morgan fingerprint density at radius 2 is 1.69 bits per heavy atom. The lowest BCUT2D eigenvalue weighted by molar-refractivity contribution is -0.152. The second-order valence-corrected chi connectivity index (χ2v) is 9.80. The molecule has 0 spiro atoms. The van der Waals surface area contributed by atoms with E-state index in [0.29, 0.717) is 51.9 Å². The molecule has 1 aromatic rings. The Kier molecular flexibility index (Phi) is 6.95. The van der Waals surface area contributed by atoms with Crippen LogP contribution in [0, 0.1) is 18.8 Å². The zero-order valence-electron chi connectivity index (χ0n) is 17.2. The minimum Gasteiger partial charge on any atom is -0.466 e. The lowest BCUT2D eigenvalue weighted by Crippen LogP contribution is -2.49. The zero-order valence-corrected chi connectivity index (χ0v) is 18.0. The number of sulfonamides is 1. The Morgan fingerprint density at radius 3 is 2.31 bits per heavy atom. The molecule has 1 atom stereocenters. The Hall–Kier alpha value is -1.93. The molecule has 0 unspecified atom stereocenters. The second-order valence-electron chi connectivity index (χ2n) is 7.87. The smallest absolute Gasteiger partial charge is 0.309 e. The van der Waals surface area contributed by atoms with Crippen molar-refractivity contribution in [1.29, 1.82) is 0 Å². The Bertz CT molecular complexity index is 829. The van der Waals surface area contributed by atoms with Crippen LogP contribution in [0.25, 0.3) is 0 Å². The van der Waals surface area contributed by atoms with Gasteiger partial charge in [0.1, 0.15) is 0 Å². The van der Waals surface area contributed by atoms with Crippen LogP contribution in [-0.2, 0) is 24.3 Å². The minimum absolute atomic E-state index is 0.00360. The van der Waals surface area contributed by atoms with Gasteiger partial charge in [0.05, 0.1) is 23.3 Å². The summed E-state index contributed by atoms with van der Waals surface area (Å²) in [5, 5.41) is 0. The van der Waals surface area contributed by atoms with E-state index in [1.807, 2.05) is 6.92 Å². The number of benzene rings is 1. The molecular weight excluding hydrogens is 392 g/mol. The van der Waals surface area contributed by atoms with E-state index in [9.17, 15) is 18.0 Å². The van der Waals surface area contributed by atoms with E-state index in [0.717, 1.165) is 5.56 Å². The molecule has 2 saturated heterocycles. The van der Waals surface area contributed by atoms with Crippen LogP contribution in [0.4, 0.5) is 0 Å². The number of carbonyl (C=O) groups excluding carboxylic acids is 2. The van der Waals surface area contributed by atoms with Gasteiger partial charge in [-0.05, 0) is 51.7 Å². The van der Waals surface area contributed by atoms with Gasteiger partial charge < -0.3 is 9.64 Å². The van der Waals surface area contributed by atoms with Gasteiger partial charge in [-0.25, -0.2) is 8.42 Å². The molecule has 2 aliphatic heterocycles. The van der Waals surface area contributed by atoms with Crippen LogP contribution in [0.1, 0.15) is 38.2 Å². The van der Waals surface area contributed by atoms with Crippen molar-refractivity contribution >= 4 is 21.9 Å². The third kappa shape index (κ3) is 4.98. The maximum Gasteiger partial charge on any atom is 0.309 e. The quantitative estimate of drug-likeness (QED) is 0.679. The van der Waals surface area contributed by atoms with E-state index >= 15 is 0 Å². The first-order valence-electron chi connectivity index (χ1n) is 10.3. The third-order valence-electron chi connectivity index (χ3n) is 5.82. The molecule has 1 amide bonds. The van der Waals surface area contributed by atoms with Crippen LogP contribution in [0.2, 0.25) is 0 Å². The topological polar surface area (TPSA) is 84.0 Å². The SMILES string of the molecule is CCOC(=O)C1CCN(C(=O)[C@H]2CCCN(S(=O)(=O)c3ccc(C)cc3)C2)CC1. The Labute approximate surface area is 173 Å². The molecule has 2 aliphatic rings. The first-order chi connectivity index (χ1) is 13.8. The molecule has 0 aliphatic carbocycles. The van der Waals surface area contributed by atoms with Gasteiger partial charge in [0.25, 0.3) is 0 Å². The number of piperidine rings is 2. The number of likely N-dealkylation sites (tertiary alicyclic amines) is 1. The van der Waals surface area contributed by atoms with E-state index in [1.165, 1.54) is 4.31 Å². The molecule has 2 heterocycles. The lowest BCUT2D eigenvalue weighted by Gasteiger charge is -2.37. The van der Waals surface area contributed by atoms with E-state index in [4.69, 9.17) is 4.74 Å². The van der Waals surface area contributed by atoms with E-state index in [-0.39, 0.29) is 35.2 Å². The molecule has 0 N–H and O–H groups in total. The lowest BCUT2D eigenvalue weighted by atomic mass is 9.93. The number of hydrogen-bond acceptors (Lipinski definition) is 5. The number of hydrogen-bond donors (Lipinski definition) is 0. The monoisotopic (exact) mass is 422 g/mol. The minimum atomic E-state index is -3.60. The van der Waals surface area contributed by atoms with Gasteiger partial charge in [-0.3, -0.25) is 9.59 Å². The van der Waals surface area contributed by atoms with E-state index in [2.05, 4.69) is 0 Å². The third-order valence-corrected chi connectivity index (χ3v) is 7.70. The van der Waals surface area contributed by atoms with Crippen LogP contribution in [0.3, 0.4) is 0 Å². The average molecular weight is 423 g/mol. The summed E-state index contributed by atoms with van der Waals surface area (Å²) in [6, 6.07) is 6.81. The van der Waals surface area contributed by atoms with Crippen LogP contribution < -0.4 is 0 Å². The number of amides is 1. The summed E-state index contributed by atoms with van der Waals surface area (Å²) in [6.07, 6.45) is 2.56. The highest BCUT2D eigenvalue weighted by atomic mass is 32.2. The zero-order chi connectivity index (χ0) is 21.0. The predicted molar refractivity (Wildman–Crippen MR) is 109 cm³/mol. The van der Waals surface area contributed by atoms with Gasteiger partial charge in [0.2, 0.25) is 15.9 Å². The molecule has 29 heavy (non-hydrogen) atoms. The van der Waals surface area contributed by atoms with Gasteiger partial charge in [0, 0.05) is 26.2 Å². The molecule has 8 heteroatoms. The molecule has 7 nitrogen and oxygen atoms in total. The first-order valence-corrected chi connectivity index (χ1v) is 11.8. The fraction of sp³-hybridized carbons (Fsp3) is 0.619. The van der Waals surface area contributed by atoms with Crippen LogP contribution >= 0.6 is 0 Å². The molecule has 1 aromatic carbocycles. The number of esters is 1.